The molecule has 2 atom stereocenters. The number of ether oxygens (including phenoxy) is 1. The number of amides is 2. The van der Waals surface area contributed by atoms with Crippen molar-refractivity contribution >= 4 is 30.1 Å². The first-order chi connectivity index (χ1) is 24.8. The maximum atomic E-state index is 13.8. The number of tetrazole rings is 1. The van der Waals surface area contributed by atoms with Gasteiger partial charge in [0.05, 0.1) is 29.3 Å². The standard InChI is InChI=1S/C33H37ClF5N11O3/c1-30(2,3)16-31(4,21-9-6-19(7-10-21)26-45-47-48(5)46-26)43-28(40)49(18-51)24(15-53-29(52)44-32(12-13-32)33(37,38)39)20-8-11-22(34)23(14-20)50-27(25(35)36)41-17-42-50/h6-11,14,17-18,24-25H,12-13,15-16H2,1-5H3,(H2,40,43)(H,44,52)/t24-,31-/m1/s1. The van der Waals surface area contributed by atoms with Gasteiger partial charge in [-0.1, -0.05) is 62.7 Å². The highest BCUT2D eigenvalue weighted by Crippen LogP contribution is 2.49. The Labute approximate surface area is 305 Å². The van der Waals surface area contributed by atoms with E-state index in [0.717, 1.165) is 15.9 Å². The number of alkyl carbamates (subject to hydrolysis) is 1. The van der Waals surface area contributed by atoms with Crippen molar-refractivity contribution in [1.82, 2.24) is 50.5 Å². The van der Waals surface area contributed by atoms with Crippen LogP contribution in [0.3, 0.4) is 0 Å². The van der Waals surface area contributed by atoms with Crippen LogP contribution in [0, 0.1) is 10.8 Å². The average Bonchev–Trinajstić information content (AvgIpc) is 3.47. The van der Waals surface area contributed by atoms with Crippen molar-refractivity contribution in [3.05, 3.63) is 70.8 Å². The molecule has 53 heavy (non-hydrogen) atoms. The summed E-state index contributed by atoms with van der Waals surface area (Å²) < 4.78 is 74.4. The van der Waals surface area contributed by atoms with Gasteiger partial charge >= 0.3 is 12.3 Å². The highest BCUT2D eigenvalue weighted by atomic mass is 35.5. The van der Waals surface area contributed by atoms with Crippen LogP contribution < -0.4 is 10.6 Å². The lowest BCUT2D eigenvalue weighted by Crippen LogP contribution is -2.53. The number of alkyl halides is 5. The molecule has 3 N–H and O–H groups in total. The molecule has 20 heteroatoms. The molecule has 0 unspecified atom stereocenters. The number of nitrogens with zero attached hydrogens (tertiary/aromatic N) is 8. The van der Waals surface area contributed by atoms with E-state index in [-0.39, 0.29) is 40.9 Å². The number of nitrogens with one attached hydrogen (secondary N) is 3. The molecule has 0 bridgehead atoms. The van der Waals surface area contributed by atoms with Gasteiger partial charge in [-0.15, -0.1) is 10.2 Å². The first-order valence-electron chi connectivity index (χ1n) is 16.2. The molecule has 2 heterocycles. The van der Waals surface area contributed by atoms with Crippen LogP contribution in [0.2, 0.25) is 5.02 Å². The Balaban J connectivity index is 1.50. The second kappa shape index (κ2) is 14.7. The number of halogens is 6. The van der Waals surface area contributed by atoms with Crippen molar-refractivity contribution in [3.8, 4) is 17.1 Å². The van der Waals surface area contributed by atoms with Crippen LogP contribution in [-0.4, -0.2) is 76.7 Å². The molecule has 0 spiro atoms. The number of guanidine groups is 1. The van der Waals surface area contributed by atoms with E-state index in [0.29, 0.717) is 23.4 Å². The normalized spacial score (nSPS) is 15.7. The van der Waals surface area contributed by atoms with Gasteiger partial charge in [0, 0.05) is 5.56 Å². The number of carbonyl (C=O) groups excluding carboxylic acids is 2. The van der Waals surface area contributed by atoms with Crippen LogP contribution in [0.5, 0.6) is 0 Å². The predicted octanol–water partition coefficient (Wildman–Crippen LogP) is 6.25. The van der Waals surface area contributed by atoms with Crippen molar-refractivity contribution in [2.75, 3.05) is 6.61 Å². The van der Waals surface area contributed by atoms with E-state index in [1.165, 1.54) is 23.0 Å². The van der Waals surface area contributed by atoms with E-state index in [2.05, 4.69) is 30.8 Å². The van der Waals surface area contributed by atoms with E-state index < -0.39 is 54.2 Å². The fraction of sp³-hybridized carbons (Fsp3) is 0.455. The third kappa shape index (κ3) is 8.72. The summed E-state index contributed by atoms with van der Waals surface area (Å²) in [5.41, 5.74) is -2.36. The Morgan fingerprint density at radius 1 is 1.13 bits per heavy atom. The molecule has 1 aliphatic rings. The summed E-state index contributed by atoms with van der Waals surface area (Å²) in [7, 11) is 1.64. The minimum atomic E-state index is -4.72. The van der Waals surface area contributed by atoms with Gasteiger partial charge in [0.15, 0.2) is 11.8 Å². The van der Waals surface area contributed by atoms with Crippen LogP contribution in [0.25, 0.3) is 17.1 Å². The molecular weight excluding hydrogens is 729 g/mol. The van der Waals surface area contributed by atoms with Gasteiger partial charge < -0.3 is 15.4 Å². The second-order valence-electron chi connectivity index (χ2n) is 14.1. The molecule has 2 amide bonds. The number of rotatable bonds is 12. The van der Waals surface area contributed by atoms with Gasteiger partial charge in [-0.05, 0) is 60.1 Å². The Morgan fingerprint density at radius 3 is 2.36 bits per heavy atom. The van der Waals surface area contributed by atoms with Crippen molar-refractivity contribution < 1.29 is 36.3 Å². The molecule has 0 aliphatic heterocycles. The molecule has 14 nitrogen and oxygen atoms in total. The van der Waals surface area contributed by atoms with E-state index in [4.69, 9.17) is 21.7 Å². The molecular formula is C33H37ClF5N11O3. The zero-order valence-corrected chi connectivity index (χ0v) is 30.0. The first-order valence-corrected chi connectivity index (χ1v) is 16.6. The Morgan fingerprint density at radius 2 is 1.81 bits per heavy atom. The summed E-state index contributed by atoms with van der Waals surface area (Å²) in [6, 6.07) is 9.81. The second-order valence-corrected chi connectivity index (χ2v) is 14.5. The molecule has 4 aromatic rings. The lowest BCUT2D eigenvalue weighted by atomic mass is 9.76. The third-order valence-electron chi connectivity index (χ3n) is 8.63. The number of hydrogen-bond acceptors (Lipinski definition) is 9. The SMILES string of the molecule is Cn1nnc(-c2ccc([C@@](C)(CC(C)(C)C)NC(=N)N(C=O)[C@H](COC(=O)NC3(C(F)(F)F)CC3)c3ccc(Cl)c(-n4ncnc4C(F)F)c3)cc2)n1. The van der Waals surface area contributed by atoms with Gasteiger partial charge in [-0.3, -0.25) is 15.1 Å². The fourth-order valence-electron chi connectivity index (χ4n) is 6.09. The van der Waals surface area contributed by atoms with Crippen molar-refractivity contribution in [3.63, 3.8) is 0 Å². The van der Waals surface area contributed by atoms with Crippen LogP contribution >= 0.6 is 11.6 Å². The topological polar surface area (TPSA) is 169 Å². The largest absolute Gasteiger partial charge is 0.447 e. The summed E-state index contributed by atoms with van der Waals surface area (Å²) in [6.07, 6.45) is -8.24. The van der Waals surface area contributed by atoms with Gasteiger partial charge in [0.25, 0.3) is 6.43 Å². The maximum Gasteiger partial charge on any atom is 0.411 e. The van der Waals surface area contributed by atoms with Crippen LogP contribution in [0.15, 0.2) is 48.8 Å². The van der Waals surface area contributed by atoms with E-state index in [1.54, 1.807) is 19.2 Å². The van der Waals surface area contributed by atoms with Gasteiger partial charge in [-0.2, -0.15) is 23.1 Å². The van der Waals surface area contributed by atoms with Crippen molar-refractivity contribution in [2.24, 2.45) is 12.5 Å². The van der Waals surface area contributed by atoms with Crippen molar-refractivity contribution in [1.29, 1.82) is 5.41 Å². The summed E-state index contributed by atoms with van der Waals surface area (Å²) in [4.78, 5) is 31.4. The van der Waals surface area contributed by atoms with Gasteiger partial charge in [-0.25, -0.2) is 23.2 Å². The summed E-state index contributed by atoms with van der Waals surface area (Å²) >= 11 is 6.38. The molecule has 0 saturated heterocycles. The average molecular weight is 766 g/mol. The molecule has 284 valence electrons. The first kappa shape index (κ1) is 39.0. The molecule has 1 saturated carbocycles. The molecule has 1 aliphatic carbocycles. The minimum absolute atomic E-state index is 0.0387. The quantitative estimate of drug-likeness (QED) is 0.0654. The van der Waals surface area contributed by atoms with E-state index in [1.807, 2.05) is 45.1 Å². The Hall–Kier alpha value is -5.20. The minimum Gasteiger partial charge on any atom is -0.447 e. The zero-order chi connectivity index (χ0) is 38.9. The Kier molecular flexibility index (Phi) is 10.8. The summed E-state index contributed by atoms with van der Waals surface area (Å²) in [5.74, 6) is -0.813. The van der Waals surface area contributed by atoms with Crippen LogP contribution in [0.1, 0.15) is 76.4 Å². The lowest BCUT2D eigenvalue weighted by Gasteiger charge is -2.40. The van der Waals surface area contributed by atoms with Gasteiger partial charge in [0.2, 0.25) is 12.2 Å². The lowest BCUT2D eigenvalue weighted by molar-refractivity contribution is -0.164. The number of carbonyl (C=O) groups is 2. The smallest absolute Gasteiger partial charge is 0.411 e. The summed E-state index contributed by atoms with van der Waals surface area (Å²) in [6.45, 7) is 7.04. The molecule has 0 radical (unpaired) electrons. The van der Waals surface area contributed by atoms with E-state index in [9.17, 15) is 31.5 Å². The van der Waals surface area contributed by atoms with Gasteiger partial charge in [0.1, 0.15) is 18.5 Å². The third-order valence-corrected chi connectivity index (χ3v) is 8.95. The molecule has 5 rings (SSSR count). The fourth-order valence-corrected chi connectivity index (χ4v) is 6.28. The van der Waals surface area contributed by atoms with Crippen LogP contribution in [0.4, 0.5) is 26.7 Å². The Bertz CT molecular complexity index is 1960. The number of aryl methyl sites for hydroxylation is 1. The van der Waals surface area contributed by atoms with Crippen LogP contribution in [-0.2, 0) is 22.1 Å². The predicted molar refractivity (Wildman–Crippen MR) is 181 cm³/mol. The highest BCUT2D eigenvalue weighted by Gasteiger charge is 2.64. The van der Waals surface area contributed by atoms with Crippen molar-refractivity contribution in [2.45, 2.75) is 76.7 Å². The zero-order valence-electron chi connectivity index (χ0n) is 29.2. The van der Waals surface area contributed by atoms with E-state index >= 15 is 0 Å². The monoisotopic (exact) mass is 765 g/mol. The number of hydrogen-bond donors (Lipinski definition) is 3. The highest BCUT2D eigenvalue weighted by molar-refractivity contribution is 6.32. The summed E-state index contributed by atoms with van der Waals surface area (Å²) in [5, 5.41) is 30.1. The molecule has 2 aromatic carbocycles. The number of benzene rings is 2. The molecule has 1 fully saturated rings. The number of aromatic nitrogens is 7. The maximum absolute atomic E-state index is 13.8. The molecule has 2 aromatic heterocycles.